The van der Waals surface area contributed by atoms with Gasteiger partial charge >= 0.3 is 0 Å². The van der Waals surface area contributed by atoms with Gasteiger partial charge in [0.1, 0.15) is 12.1 Å². The summed E-state index contributed by atoms with van der Waals surface area (Å²) in [5.41, 5.74) is 1.27. The van der Waals surface area contributed by atoms with Crippen LogP contribution in [0.15, 0.2) is 24.7 Å². The predicted octanol–water partition coefficient (Wildman–Crippen LogP) is 0.945. The van der Waals surface area contributed by atoms with E-state index in [0.29, 0.717) is 6.04 Å². The van der Waals surface area contributed by atoms with Crippen LogP contribution in [0.5, 0.6) is 0 Å². The first-order valence-corrected chi connectivity index (χ1v) is 7.19. The smallest absolute Gasteiger partial charge is 0.152 e. The molecule has 6 heteroatoms. The van der Waals surface area contributed by atoms with Gasteiger partial charge < -0.3 is 14.8 Å². The Morgan fingerprint density at radius 3 is 3.15 bits per heavy atom. The SMILES string of the molecule is c1cnc(N2CCn3cnnc3C2)c(CNC2CC2)c1. The molecule has 0 atom stereocenters. The fourth-order valence-corrected chi connectivity index (χ4v) is 2.64. The van der Waals surface area contributed by atoms with E-state index in [-0.39, 0.29) is 0 Å². The van der Waals surface area contributed by atoms with Gasteiger partial charge in [0.2, 0.25) is 0 Å². The summed E-state index contributed by atoms with van der Waals surface area (Å²) in [5.74, 6) is 2.10. The number of nitrogens with zero attached hydrogens (tertiary/aromatic N) is 5. The number of hydrogen-bond acceptors (Lipinski definition) is 5. The number of fused-ring (bicyclic) bond motifs is 1. The summed E-state index contributed by atoms with van der Waals surface area (Å²) in [6, 6.07) is 4.89. The zero-order valence-electron chi connectivity index (χ0n) is 11.4. The van der Waals surface area contributed by atoms with Crippen molar-refractivity contribution in [1.29, 1.82) is 0 Å². The van der Waals surface area contributed by atoms with Gasteiger partial charge in [0.15, 0.2) is 5.82 Å². The van der Waals surface area contributed by atoms with Crippen LogP contribution in [0.2, 0.25) is 0 Å². The first kappa shape index (κ1) is 11.8. The van der Waals surface area contributed by atoms with Crippen LogP contribution in [0.3, 0.4) is 0 Å². The van der Waals surface area contributed by atoms with Crippen LogP contribution < -0.4 is 10.2 Å². The second-order valence-corrected chi connectivity index (χ2v) is 5.50. The van der Waals surface area contributed by atoms with Crippen molar-refractivity contribution in [3.05, 3.63) is 36.0 Å². The van der Waals surface area contributed by atoms with Gasteiger partial charge in [-0.25, -0.2) is 4.98 Å². The van der Waals surface area contributed by atoms with Crippen molar-refractivity contribution in [3.8, 4) is 0 Å². The Morgan fingerprint density at radius 1 is 1.30 bits per heavy atom. The quantitative estimate of drug-likeness (QED) is 0.896. The van der Waals surface area contributed by atoms with Gasteiger partial charge in [-0.15, -0.1) is 10.2 Å². The first-order chi connectivity index (χ1) is 9.90. The molecule has 3 heterocycles. The van der Waals surface area contributed by atoms with Gasteiger partial charge in [-0.1, -0.05) is 6.07 Å². The lowest BCUT2D eigenvalue weighted by molar-refractivity contribution is 0.553. The van der Waals surface area contributed by atoms with Gasteiger partial charge in [-0.05, 0) is 18.9 Å². The Labute approximate surface area is 117 Å². The molecule has 1 saturated carbocycles. The van der Waals surface area contributed by atoms with Gasteiger partial charge in [0, 0.05) is 37.4 Å². The Balaban J connectivity index is 1.55. The van der Waals surface area contributed by atoms with E-state index >= 15 is 0 Å². The van der Waals surface area contributed by atoms with E-state index in [0.717, 1.165) is 37.8 Å². The molecule has 1 aliphatic heterocycles. The second kappa shape index (κ2) is 4.86. The Hall–Kier alpha value is -1.95. The molecular weight excluding hydrogens is 252 g/mol. The molecule has 6 nitrogen and oxygen atoms in total. The maximum atomic E-state index is 4.59. The zero-order chi connectivity index (χ0) is 13.4. The maximum absolute atomic E-state index is 4.59. The summed E-state index contributed by atoms with van der Waals surface area (Å²) in [6.07, 6.45) is 6.29. The van der Waals surface area contributed by atoms with Crippen LogP contribution in [-0.2, 0) is 19.6 Å². The highest BCUT2D eigenvalue weighted by atomic mass is 15.3. The highest BCUT2D eigenvalue weighted by Gasteiger charge is 2.23. The van der Waals surface area contributed by atoms with Crippen molar-refractivity contribution < 1.29 is 0 Å². The summed E-state index contributed by atoms with van der Waals surface area (Å²) in [7, 11) is 0. The van der Waals surface area contributed by atoms with E-state index in [2.05, 4.69) is 36.0 Å². The molecular formula is C14H18N6. The molecule has 1 fully saturated rings. The number of pyridine rings is 1. The molecule has 20 heavy (non-hydrogen) atoms. The van der Waals surface area contributed by atoms with Crippen molar-refractivity contribution in [3.63, 3.8) is 0 Å². The summed E-state index contributed by atoms with van der Waals surface area (Å²) in [6.45, 7) is 3.57. The highest BCUT2D eigenvalue weighted by molar-refractivity contribution is 5.47. The van der Waals surface area contributed by atoms with Gasteiger partial charge in [-0.3, -0.25) is 0 Å². The number of hydrogen-bond donors (Lipinski definition) is 1. The van der Waals surface area contributed by atoms with Crippen molar-refractivity contribution in [1.82, 2.24) is 25.1 Å². The van der Waals surface area contributed by atoms with Crippen molar-refractivity contribution in [2.75, 3.05) is 11.4 Å². The lowest BCUT2D eigenvalue weighted by Gasteiger charge is -2.29. The van der Waals surface area contributed by atoms with Crippen LogP contribution in [0, 0.1) is 0 Å². The summed E-state index contributed by atoms with van der Waals surface area (Å²) in [4.78, 5) is 6.89. The number of nitrogens with one attached hydrogen (secondary N) is 1. The molecule has 2 aliphatic rings. The van der Waals surface area contributed by atoms with Crippen molar-refractivity contribution in [2.24, 2.45) is 0 Å². The Kier molecular flexibility index (Phi) is 2.88. The lowest BCUT2D eigenvalue weighted by atomic mass is 10.2. The molecule has 0 aromatic carbocycles. The molecule has 2 aromatic heterocycles. The van der Waals surface area contributed by atoms with Gasteiger partial charge in [0.05, 0.1) is 6.54 Å². The maximum Gasteiger partial charge on any atom is 0.152 e. The average Bonchev–Trinajstić information content (AvgIpc) is 3.20. The largest absolute Gasteiger partial charge is 0.347 e. The van der Waals surface area contributed by atoms with Crippen LogP contribution in [-0.4, -0.2) is 32.3 Å². The standard InChI is InChI=1S/C14H18N6/c1-2-11(8-16-12-3-4-12)14(15-5-1)19-6-7-20-10-17-18-13(20)9-19/h1-2,5,10,12,16H,3-4,6-9H2. The van der Waals surface area contributed by atoms with Crippen LogP contribution in [0.4, 0.5) is 5.82 Å². The topological polar surface area (TPSA) is 58.9 Å². The Morgan fingerprint density at radius 2 is 2.25 bits per heavy atom. The summed E-state index contributed by atoms with van der Waals surface area (Å²) < 4.78 is 2.11. The van der Waals surface area contributed by atoms with E-state index in [4.69, 9.17) is 0 Å². The molecule has 2 aromatic rings. The van der Waals surface area contributed by atoms with E-state index in [1.54, 1.807) is 6.33 Å². The second-order valence-electron chi connectivity index (χ2n) is 5.50. The minimum absolute atomic E-state index is 0.715. The van der Waals surface area contributed by atoms with E-state index in [1.165, 1.54) is 18.4 Å². The van der Waals surface area contributed by atoms with Gasteiger partial charge in [-0.2, -0.15) is 0 Å². The van der Waals surface area contributed by atoms with Crippen LogP contribution in [0.1, 0.15) is 24.2 Å². The predicted molar refractivity (Wildman–Crippen MR) is 75.2 cm³/mol. The van der Waals surface area contributed by atoms with E-state index in [1.807, 2.05) is 12.3 Å². The molecule has 1 N–H and O–H groups in total. The van der Waals surface area contributed by atoms with E-state index in [9.17, 15) is 0 Å². The number of rotatable bonds is 4. The molecule has 0 unspecified atom stereocenters. The number of aromatic nitrogens is 4. The summed E-state index contributed by atoms with van der Waals surface area (Å²) in [5, 5.41) is 11.7. The zero-order valence-corrected chi connectivity index (χ0v) is 11.4. The molecule has 0 spiro atoms. The third-order valence-electron chi connectivity index (χ3n) is 3.96. The monoisotopic (exact) mass is 270 g/mol. The molecule has 0 saturated heterocycles. The molecule has 104 valence electrons. The lowest BCUT2D eigenvalue weighted by Crippen LogP contribution is -2.35. The normalized spacial score (nSPS) is 18.1. The van der Waals surface area contributed by atoms with Crippen molar-refractivity contribution >= 4 is 5.82 Å². The minimum Gasteiger partial charge on any atom is -0.347 e. The number of anilines is 1. The van der Waals surface area contributed by atoms with E-state index < -0.39 is 0 Å². The third-order valence-corrected chi connectivity index (χ3v) is 3.96. The third kappa shape index (κ3) is 2.27. The molecule has 0 radical (unpaired) electrons. The minimum atomic E-state index is 0.715. The molecule has 1 aliphatic carbocycles. The first-order valence-electron chi connectivity index (χ1n) is 7.19. The molecule has 0 bridgehead atoms. The average molecular weight is 270 g/mol. The highest BCUT2D eigenvalue weighted by Crippen LogP contribution is 2.24. The Bertz CT molecular complexity index is 603. The molecule has 4 rings (SSSR count). The van der Waals surface area contributed by atoms with Crippen LogP contribution in [0.25, 0.3) is 0 Å². The fourth-order valence-electron chi connectivity index (χ4n) is 2.64. The molecule has 0 amide bonds. The summed E-state index contributed by atoms with van der Waals surface area (Å²) >= 11 is 0. The van der Waals surface area contributed by atoms with Crippen molar-refractivity contribution in [2.45, 2.75) is 38.5 Å². The van der Waals surface area contributed by atoms with Gasteiger partial charge in [0.25, 0.3) is 0 Å². The van der Waals surface area contributed by atoms with Crippen LogP contribution >= 0.6 is 0 Å². The fraction of sp³-hybridized carbons (Fsp3) is 0.500.